The van der Waals surface area contributed by atoms with Crippen molar-refractivity contribution in [2.24, 2.45) is 11.7 Å². The normalized spacial score (nSPS) is 22.9. The molecule has 0 aromatic heterocycles. The van der Waals surface area contributed by atoms with Gasteiger partial charge in [-0.1, -0.05) is 25.1 Å². The van der Waals surface area contributed by atoms with Gasteiger partial charge in [0.2, 0.25) is 0 Å². The van der Waals surface area contributed by atoms with Gasteiger partial charge in [0.05, 0.1) is 6.61 Å². The van der Waals surface area contributed by atoms with Crippen molar-refractivity contribution in [2.45, 2.75) is 25.9 Å². The van der Waals surface area contributed by atoms with Gasteiger partial charge in [-0.3, -0.25) is 0 Å². The minimum Gasteiger partial charge on any atom is -0.493 e. The molecule has 1 saturated heterocycles. The Hall–Kier alpha value is -1.10. The average molecular weight is 291 g/mol. The zero-order chi connectivity index (χ0) is 15.2. The van der Waals surface area contributed by atoms with Crippen molar-refractivity contribution in [3.05, 3.63) is 29.8 Å². The Balaban J connectivity index is 1.71. The highest BCUT2D eigenvalue weighted by atomic mass is 16.5. The van der Waals surface area contributed by atoms with Crippen molar-refractivity contribution < 1.29 is 4.74 Å². The maximum atomic E-state index is 5.87. The lowest BCUT2D eigenvalue weighted by molar-refractivity contribution is 0.238. The van der Waals surface area contributed by atoms with Crippen LogP contribution in [-0.4, -0.2) is 56.2 Å². The first-order valence-electron chi connectivity index (χ1n) is 7.91. The quantitative estimate of drug-likeness (QED) is 0.778. The Bertz CT molecular complexity index is 436. The van der Waals surface area contributed by atoms with Crippen LogP contribution in [0.4, 0.5) is 0 Å². The number of hydrogen-bond donors (Lipinski definition) is 1. The number of benzene rings is 1. The van der Waals surface area contributed by atoms with Crippen LogP contribution in [0.5, 0.6) is 5.75 Å². The lowest BCUT2D eigenvalue weighted by Gasteiger charge is -2.22. The third-order valence-corrected chi connectivity index (χ3v) is 4.38. The molecular formula is C17H29N3O. The molecule has 2 N–H and O–H groups in total. The third kappa shape index (κ3) is 4.43. The number of nitrogens with two attached hydrogens (primary N) is 1. The lowest BCUT2D eigenvalue weighted by Crippen LogP contribution is -2.34. The molecule has 2 unspecified atom stereocenters. The molecule has 0 bridgehead atoms. The van der Waals surface area contributed by atoms with E-state index in [1.165, 1.54) is 13.1 Å². The molecule has 1 aliphatic rings. The van der Waals surface area contributed by atoms with Gasteiger partial charge in [0.15, 0.2) is 0 Å². The van der Waals surface area contributed by atoms with E-state index in [0.717, 1.165) is 36.8 Å². The predicted octanol–water partition coefficient (Wildman–Crippen LogP) is 1.80. The number of rotatable bonds is 7. The first-order valence-corrected chi connectivity index (χ1v) is 7.91. The Morgan fingerprint density at radius 3 is 2.71 bits per heavy atom. The second kappa shape index (κ2) is 7.78. The number of ether oxygens (including phenoxy) is 1. The molecule has 1 aliphatic heterocycles. The molecule has 4 nitrogen and oxygen atoms in total. The van der Waals surface area contributed by atoms with E-state index in [1.807, 2.05) is 24.3 Å². The lowest BCUT2D eigenvalue weighted by atomic mass is 10.1. The third-order valence-electron chi connectivity index (χ3n) is 4.38. The van der Waals surface area contributed by atoms with E-state index >= 15 is 0 Å². The number of hydrogen-bond acceptors (Lipinski definition) is 4. The first-order chi connectivity index (χ1) is 10.1. The van der Waals surface area contributed by atoms with Gasteiger partial charge in [0.25, 0.3) is 0 Å². The molecule has 1 heterocycles. The minimum atomic E-state index is 0.532. The SMILES string of the molecule is CC1CN(CCCOc2ccccc2CN)CC1N(C)C. The summed E-state index contributed by atoms with van der Waals surface area (Å²) in [4.78, 5) is 4.90. The van der Waals surface area contributed by atoms with Crippen LogP contribution < -0.4 is 10.5 Å². The molecule has 0 spiro atoms. The highest BCUT2D eigenvalue weighted by Crippen LogP contribution is 2.20. The predicted molar refractivity (Wildman–Crippen MR) is 87.5 cm³/mol. The van der Waals surface area contributed by atoms with E-state index < -0.39 is 0 Å². The molecule has 1 aromatic rings. The van der Waals surface area contributed by atoms with Gasteiger partial charge in [-0.2, -0.15) is 0 Å². The topological polar surface area (TPSA) is 41.7 Å². The van der Waals surface area contributed by atoms with E-state index in [2.05, 4.69) is 30.8 Å². The Morgan fingerprint density at radius 2 is 2.05 bits per heavy atom. The molecule has 21 heavy (non-hydrogen) atoms. The fraction of sp³-hybridized carbons (Fsp3) is 0.647. The number of nitrogens with zero attached hydrogens (tertiary/aromatic N) is 2. The van der Waals surface area contributed by atoms with E-state index in [1.54, 1.807) is 0 Å². The molecule has 0 amide bonds. The Kier molecular flexibility index (Phi) is 6.03. The first kappa shape index (κ1) is 16.3. The molecule has 118 valence electrons. The van der Waals surface area contributed by atoms with Gasteiger partial charge in [-0.05, 0) is 32.5 Å². The largest absolute Gasteiger partial charge is 0.493 e. The van der Waals surface area contributed by atoms with Crippen molar-refractivity contribution in [2.75, 3.05) is 40.3 Å². The summed E-state index contributed by atoms with van der Waals surface area (Å²) in [5.74, 6) is 1.68. The van der Waals surface area contributed by atoms with E-state index in [4.69, 9.17) is 10.5 Å². The van der Waals surface area contributed by atoms with Crippen LogP contribution in [0, 0.1) is 5.92 Å². The van der Waals surface area contributed by atoms with Crippen molar-refractivity contribution in [3.8, 4) is 5.75 Å². The van der Waals surface area contributed by atoms with Crippen molar-refractivity contribution in [3.63, 3.8) is 0 Å². The number of likely N-dealkylation sites (N-methyl/N-ethyl adjacent to an activating group) is 1. The van der Waals surface area contributed by atoms with Crippen molar-refractivity contribution in [1.82, 2.24) is 9.80 Å². The molecule has 1 fully saturated rings. The van der Waals surface area contributed by atoms with E-state index in [9.17, 15) is 0 Å². The summed E-state index contributed by atoms with van der Waals surface area (Å²) in [6, 6.07) is 8.71. The van der Waals surface area contributed by atoms with Crippen molar-refractivity contribution >= 4 is 0 Å². The summed E-state index contributed by atoms with van der Waals surface area (Å²) in [5.41, 5.74) is 6.80. The van der Waals surface area contributed by atoms with Crippen molar-refractivity contribution in [1.29, 1.82) is 0 Å². The van der Waals surface area contributed by atoms with Crippen LogP contribution in [-0.2, 0) is 6.54 Å². The fourth-order valence-electron chi connectivity index (χ4n) is 3.19. The molecule has 0 aliphatic carbocycles. The highest BCUT2D eigenvalue weighted by molar-refractivity contribution is 5.32. The van der Waals surface area contributed by atoms with Crippen LogP contribution in [0.3, 0.4) is 0 Å². The summed E-state index contributed by atoms with van der Waals surface area (Å²) in [5, 5.41) is 0. The van der Waals surface area contributed by atoms with E-state index in [0.29, 0.717) is 12.6 Å². The molecule has 1 aromatic carbocycles. The van der Waals surface area contributed by atoms with Crippen LogP contribution in [0.1, 0.15) is 18.9 Å². The van der Waals surface area contributed by atoms with Crippen LogP contribution in [0.15, 0.2) is 24.3 Å². The average Bonchev–Trinajstić information content (AvgIpc) is 2.85. The van der Waals surface area contributed by atoms with Gasteiger partial charge in [-0.25, -0.2) is 0 Å². The van der Waals surface area contributed by atoms with Gasteiger partial charge >= 0.3 is 0 Å². The maximum Gasteiger partial charge on any atom is 0.123 e. The summed E-state index contributed by atoms with van der Waals surface area (Å²) in [6.45, 7) is 7.12. The van der Waals surface area contributed by atoms with Gasteiger partial charge in [-0.15, -0.1) is 0 Å². The zero-order valence-electron chi connectivity index (χ0n) is 13.6. The number of para-hydroxylation sites is 1. The summed E-state index contributed by atoms with van der Waals surface area (Å²) >= 11 is 0. The highest BCUT2D eigenvalue weighted by Gasteiger charge is 2.30. The van der Waals surface area contributed by atoms with Crippen LogP contribution >= 0.6 is 0 Å². The molecule has 4 heteroatoms. The van der Waals surface area contributed by atoms with Gasteiger partial charge < -0.3 is 20.3 Å². The second-order valence-electron chi connectivity index (χ2n) is 6.28. The number of likely N-dealkylation sites (tertiary alicyclic amines) is 1. The molecule has 0 radical (unpaired) electrons. The Labute approximate surface area is 128 Å². The van der Waals surface area contributed by atoms with Crippen LogP contribution in [0.25, 0.3) is 0 Å². The fourth-order valence-corrected chi connectivity index (χ4v) is 3.19. The summed E-state index contributed by atoms with van der Waals surface area (Å²) in [6.07, 6.45) is 1.06. The molecular weight excluding hydrogens is 262 g/mol. The molecule has 2 atom stereocenters. The summed E-state index contributed by atoms with van der Waals surface area (Å²) < 4.78 is 5.87. The second-order valence-corrected chi connectivity index (χ2v) is 6.28. The van der Waals surface area contributed by atoms with Gasteiger partial charge in [0, 0.05) is 37.8 Å². The zero-order valence-corrected chi connectivity index (χ0v) is 13.6. The van der Waals surface area contributed by atoms with E-state index in [-0.39, 0.29) is 0 Å². The maximum absolute atomic E-state index is 5.87. The standard InChI is InChI=1S/C17H29N3O/c1-14-12-20(13-16(14)19(2)3)9-6-10-21-17-8-5-4-7-15(17)11-18/h4-5,7-8,14,16H,6,9-13,18H2,1-3H3. The monoisotopic (exact) mass is 291 g/mol. The molecule has 2 rings (SSSR count). The van der Waals surface area contributed by atoms with Crippen LogP contribution in [0.2, 0.25) is 0 Å². The minimum absolute atomic E-state index is 0.532. The Morgan fingerprint density at radius 1 is 1.29 bits per heavy atom. The summed E-state index contributed by atoms with van der Waals surface area (Å²) in [7, 11) is 4.36. The smallest absolute Gasteiger partial charge is 0.123 e. The van der Waals surface area contributed by atoms with Gasteiger partial charge in [0.1, 0.15) is 5.75 Å². The molecule has 0 saturated carbocycles.